The number of nitrogens with zero attached hydrogens (tertiary/aromatic N) is 2. The maximum absolute atomic E-state index is 12.0. The molecule has 0 radical (unpaired) electrons. The molecule has 0 saturated carbocycles. The molecule has 1 atom stereocenters. The summed E-state index contributed by atoms with van der Waals surface area (Å²) >= 11 is 0. The second-order valence-corrected chi connectivity index (χ2v) is 4.91. The van der Waals surface area contributed by atoms with E-state index in [2.05, 4.69) is 6.07 Å². The summed E-state index contributed by atoms with van der Waals surface area (Å²) in [4.78, 5) is 26.5. The maximum atomic E-state index is 12.0. The minimum absolute atomic E-state index is 0.0154. The van der Waals surface area contributed by atoms with Crippen LogP contribution in [0.1, 0.15) is 24.1 Å². The molecule has 0 bridgehead atoms. The molecule has 1 aromatic rings. The first kappa shape index (κ1) is 12.6. The van der Waals surface area contributed by atoms with Crippen LogP contribution in [0.2, 0.25) is 0 Å². The number of rotatable bonds is 3. The smallest absolute Gasteiger partial charge is 0.319 e. The summed E-state index contributed by atoms with van der Waals surface area (Å²) in [6, 6.07) is 8.11. The van der Waals surface area contributed by atoms with Gasteiger partial charge in [-0.3, -0.25) is 4.79 Å². The highest BCUT2D eigenvalue weighted by Gasteiger charge is 2.35. The van der Waals surface area contributed by atoms with Gasteiger partial charge in [0.2, 0.25) is 0 Å². The van der Waals surface area contributed by atoms with Crippen LogP contribution in [0.5, 0.6) is 0 Å². The van der Waals surface area contributed by atoms with E-state index in [4.69, 9.17) is 0 Å². The Morgan fingerprint density at radius 3 is 2.78 bits per heavy atom. The van der Waals surface area contributed by atoms with E-state index in [9.17, 15) is 9.59 Å². The summed E-state index contributed by atoms with van der Waals surface area (Å²) in [6.45, 7) is 4.32. The lowest BCUT2D eigenvalue weighted by molar-refractivity contribution is -0.117. The summed E-state index contributed by atoms with van der Waals surface area (Å²) in [5.41, 5.74) is 2.30. The first-order valence-electron chi connectivity index (χ1n) is 6.07. The van der Waals surface area contributed by atoms with Gasteiger partial charge in [0.25, 0.3) is 0 Å². The molecule has 0 N–H and O–H groups in total. The van der Waals surface area contributed by atoms with Gasteiger partial charge in [-0.1, -0.05) is 29.8 Å². The second kappa shape index (κ2) is 4.80. The van der Waals surface area contributed by atoms with Crippen LogP contribution in [0.25, 0.3) is 0 Å². The van der Waals surface area contributed by atoms with Crippen molar-refractivity contribution in [2.45, 2.75) is 19.9 Å². The zero-order chi connectivity index (χ0) is 13.3. The van der Waals surface area contributed by atoms with Gasteiger partial charge in [-0.15, -0.1) is 0 Å². The molecule has 96 valence electrons. The van der Waals surface area contributed by atoms with E-state index in [1.807, 2.05) is 25.1 Å². The Morgan fingerprint density at radius 1 is 1.44 bits per heavy atom. The fraction of sp³-hybridized carbons (Fsp3) is 0.429. The zero-order valence-corrected chi connectivity index (χ0v) is 11.0. The molecule has 1 fully saturated rings. The molecule has 0 aliphatic carbocycles. The van der Waals surface area contributed by atoms with Crippen molar-refractivity contribution >= 4 is 11.8 Å². The van der Waals surface area contributed by atoms with Crippen LogP contribution in [-0.4, -0.2) is 41.8 Å². The Bertz CT molecular complexity index is 484. The summed E-state index contributed by atoms with van der Waals surface area (Å²) in [5, 5.41) is 0. The third-order valence-corrected chi connectivity index (χ3v) is 3.27. The largest absolute Gasteiger partial charge is 0.320 e. The zero-order valence-electron chi connectivity index (χ0n) is 11.0. The van der Waals surface area contributed by atoms with Crippen LogP contribution < -0.4 is 0 Å². The molecular weight excluding hydrogens is 228 g/mol. The molecule has 1 unspecified atom stereocenters. The first-order chi connectivity index (χ1) is 8.49. The molecule has 1 saturated heterocycles. The van der Waals surface area contributed by atoms with Crippen molar-refractivity contribution in [2.24, 2.45) is 0 Å². The predicted octanol–water partition coefficient (Wildman–Crippen LogP) is 1.99. The van der Waals surface area contributed by atoms with Crippen molar-refractivity contribution < 1.29 is 9.59 Å². The van der Waals surface area contributed by atoms with Crippen LogP contribution in [0.3, 0.4) is 0 Å². The average Bonchev–Trinajstić information content (AvgIpc) is 2.57. The second-order valence-electron chi connectivity index (χ2n) is 4.91. The van der Waals surface area contributed by atoms with E-state index in [1.165, 1.54) is 12.5 Å². The number of carbonyl (C=O) groups excluding carboxylic acids is 2. The minimum atomic E-state index is -0.0725. The number of carbonyl (C=O) groups is 2. The molecule has 1 aliphatic rings. The Morgan fingerprint density at radius 2 is 2.17 bits per heavy atom. The van der Waals surface area contributed by atoms with Gasteiger partial charge in [-0.2, -0.15) is 0 Å². The SMILES string of the molecule is CC(=O)CN1CC(c2cccc(C)c2)N(C)C1=O. The van der Waals surface area contributed by atoms with Crippen molar-refractivity contribution in [1.29, 1.82) is 0 Å². The number of hydrogen-bond donors (Lipinski definition) is 0. The van der Waals surface area contributed by atoms with Gasteiger partial charge in [0.15, 0.2) is 0 Å². The number of likely N-dealkylation sites (N-methyl/N-ethyl adjacent to an activating group) is 1. The lowest BCUT2D eigenvalue weighted by atomic mass is 10.0. The highest BCUT2D eigenvalue weighted by atomic mass is 16.2. The number of ketones is 1. The number of hydrogen-bond acceptors (Lipinski definition) is 2. The third kappa shape index (κ3) is 2.37. The Hall–Kier alpha value is -1.84. The van der Waals surface area contributed by atoms with Gasteiger partial charge in [-0.05, 0) is 19.4 Å². The monoisotopic (exact) mass is 246 g/mol. The standard InChI is InChI=1S/C14H18N2O2/c1-10-5-4-6-12(7-10)13-9-16(8-11(2)17)14(18)15(13)3/h4-7,13H,8-9H2,1-3H3. The molecule has 1 aliphatic heterocycles. The first-order valence-corrected chi connectivity index (χ1v) is 6.07. The van der Waals surface area contributed by atoms with E-state index in [0.29, 0.717) is 6.54 Å². The Balaban J connectivity index is 2.21. The third-order valence-electron chi connectivity index (χ3n) is 3.27. The number of benzene rings is 1. The van der Waals surface area contributed by atoms with Crippen molar-refractivity contribution in [3.63, 3.8) is 0 Å². The predicted molar refractivity (Wildman–Crippen MR) is 69.3 cm³/mol. The van der Waals surface area contributed by atoms with Crippen molar-refractivity contribution in [1.82, 2.24) is 9.80 Å². The van der Waals surface area contributed by atoms with Crippen LogP contribution in [0, 0.1) is 6.92 Å². The molecule has 1 aromatic carbocycles. The fourth-order valence-corrected chi connectivity index (χ4v) is 2.37. The highest BCUT2D eigenvalue weighted by Crippen LogP contribution is 2.28. The van der Waals surface area contributed by atoms with Gasteiger partial charge >= 0.3 is 6.03 Å². The molecule has 2 amide bonds. The molecule has 1 heterocycles. The van der Waals surface area contributed by atoms with Crippen molar-refractivity contribution in [3.8, 4) is 0 Å². The van der Waals surface area contributed by atoms with Crippen molar-refractivity contribution in [3.05, 3.63) is 35.4 Å². The van der Waals surface area contributed by atoms with E-state index in [-0.39, 0.29) is 24.4 Å². The number of amides is 2. The van der Waals surface area contributed by atoms with Gasteiger partial charge in [0, 0.05) is 13.6 Å². The number of aryl methyl sites for hydroxylation is 1. The Kier molecular flexibility index (Phi) is 3.36. The summed E-state index contributed by atoms with van der Waals surface area (Å²) in [5.74, 6) is 0.0154. The van der Waals surface area contributed by atoms with Crippen LogP contribution >= 0.6 is 0 Å². The fourth-order valence-electron chi connectivity index (χ4n) is 2.37. The lowest BCUT2D eigenvalue weighted by Gasteiger charge is -2.18. The van der Waals surface area contributed by atoms with E-state index < -0.39 is 0 Å². The molecule has 4 heteroatoms. The topological polar surface area (TPSA) is 40.6 Å². The minimum Gasteiger partial charge on any atom is -0.319 e. The van der Waals surface area contributed by atoms with E-state index in [0.717, 1.165) is 5.56 Å². The van der Waals surface area contributed by atoms with Gasteiger partial charge in [0.05, 0.1) is 12.6 Å². The van der Waals surface area contributed by atoms with Crippen LogP contribution in [0.15, 0.2) is 24.3 Å². The summed E-state index contributed by atoms with van der Waals surface area (Å²) in [7, 11) is 1.79. The van der Waals surface area contributed by atoms with Gasteiger partial charge < -0.3 is 9.80 Å². The van der Waals surface area contributed by atoms with Gasteiger partial charge in [-0.25, -0.2) is 4.79 Å². The van der Waals surface area contributed by atoms with E-state index in [1.54, 1.807) is 16.8 Å². The normalized spacial score (nSPS) is 19.5. The molecule has 0 aromatic heterocycles. The summed E-state index contributed by atoms with van der Waals surface area (Å²) in [6.07, 6.45) is 0. The number of Topliss-reactive ketones (excluding diaryl/α,β-unsaturated/α-hetero) is 1. The number of urea groups is 1. The summed E-state index contributed by atoms with van der Waals surface area (Å²) < 4.78 is 0. The van der Waals surface area contributed by atoms with Crippen LogP contribution in [0.4, 0.5) is 4.79 Å². The molecule has 2 rings (SSSR count). The van der Waals surface area contributed by atoms with E-state index >= 15 is 0 Å². The average molecular weight is 246 g/mol. The molecule has 18 heavy (non-hydrogen) atoms. The lowest BCUT2D eigenvalue weighted by Crippen LogP contribution is -2.32. The molecule has 0 spiro atoms. The van der Waals surface area contributed by atoms with Crippen LogP contribution in [-0.2, 0) is 4.79 Å². The quantitative estimate of drug-likeness (QED) is 0.818. The molecule has 4 nitrogen and oxygen atoms in total. The van der Waals surface area contributed by atoms with Crippen molar-refractivity contribution in [2.75, 3.05) is 20.1 Å². The Labute approximate surface area is 107 Å². The maximum Gasteiger partial charge on any atom is 0.320 e. The van der Waals surface area contributed by atoms with Gasteiger partial charge in [0.1, 0.15) is 5.78 Å². The highest BCUT2D eigenvalue weighted by molar-refractivity contribution is 5.85. The molecular formula is C14H18N2O2.